The molecule has 1 aliphatic heterocycles. The molecule has 0 aromatic carbocycles. The van der Waals surface area contributed by atoms with Crippen LogP contribution in [0.5, 0.6) is 0 Å². The van der Waals surface area contributed by atoms with Gasteiger partial charge in [0.05, 0.1) is 5.60 Å². The number of carbonyl (C=O) groups excluding carboxylic acids is 1. The van der Waals surface area contributed by atoms with Crippen molar-refractivity contribution in [1.82, 2.24) is 5.32 Å². The molecule has 0 radical (unpaired) electrons. The van der Waals surface area contributed by atoms with Crippen LogP contribution in [-0.4, -0.2) is 36.7 Å². The first-order valence-electron chi connectivity index (χ1n) is 6.08. The van der Waals surface area contributed by atoms with E-state index in [4.69, 9.17) is 4.74 Å². The summed E-state index contributed by atoms with van der Waals surface area (Å²) in [5.41, 5.74) is -0.119. The SMILES string of the molecule is CCC(CC)C(=O)NCC1(OC)CCSC1. The molecule has 1 fully saturated rings. The Morgan fingerprint density at radius 3 is 2.62 bits per heavy atom. The number of rotatable bonds is 6. The molecule has 0 aliphatic carbocycles. The Morgan fingerprint density at radius 2 is 2.19 bits per heavy atom. The van der Waals surface area contributed by atoms with Gasteiger partial charge in [-0.3, -0.25) is 4.79 Å². The Bertz CT molecular complexity index is 223. The van der Waals surface area contributed by atoms with E-state index in [0.717, 1.165) is 30.8 Å². The predicted octanol–water partition coefficient (Wildman–Crippen LogP) is 2.06. The molecule has 1 amide bonds. The summed E-state index contributed by atoms with van der Waals surface area (Å²) in [6.45, 7) is 4.78. The van der Waals surface area contributed by atoms with Crippen LogP contribution in [0.1, 0.15) is 33.1 Å². The summed E-state index contributed by atoms with van der Waals surface area (Å²) in [7, 11) is 1.75. The highest BCUT2D eigenvalue weighted by molar-refractivity contribution is 7.99. The van der Waals surface area contributed by atoms with E-state index in [1.807, 2.05) is 11.8 Å². The lowest BCUT2D eigenvalue weighted by molar-refractivity contribution is -0.126. The fourth-order valence-corrected chi connectivity index (χ4v) is 3.41. The minimum Gasteiger partial charge on any atom is -0.376 e. The summed E-state index contributed by atoms with van der Waals surface area (Å²) in [6.07, 6.45) is 2.87. The van der Waals surface area contributed by atoms with E-state index in [2.05, 4.69) is 19.2 Å². The third-order valence-corrected chi connectivity index (χ3v) is 4.66. The van der Waals surface area contributed by atoms with Gasteiger partial charge in [0.1, 0.15) is 0 Å². The molecule has 0 spiro atoms. The number of hydrogen-bond acceptors (Lipinski definition) is 3. The van der Waals surface area contributed by atoms with E-state index >= 15 is 0 Å². The average molecular weight is 245 g/mol. The zero-order valence-corrected chi connectivity index (χ0v) is 11.4. The Hall–Kier alpha value is -0.220. The van der Waals surface area contributed by atoms with Gasteiger partial charge in [-0.1, -0.05) is 13.8 Å². The summed E-state index contributed by atoms with van der Waals surface area (Å²) < 4.78 is 5.56. The lowest BCUT2D eigenvalue weighted by atomic mass is 10.0. The predicted molar refractivity (Wildman–Crippen MR) is 68.8 cm³/mol. The number of hydrogen-bond donors (Lipinski definition) is 1. The van der Waals surface area contributed by atoms with Crippen molar-refractivity contribution in [3.63, 3.8) is 0 Å². The summed E-state index contributed by atoms with van der Waals surface area (Å²) in [5.74, 6) is 2.46. The largest absolute Gasteiger partial charge is 0.376 e. The van der Waals surface area contributed by atoms with Crippen molar-refractivity contribution in [2.75, 3.05) is 25.2 Å². The van der Waals surface area contributed by atoms with Crippen molar-refractivity contribution < 1.29 is 9.53 Å². The van der Waals surface area contributed by atoms with Crippen LogP contribution in [0.3, 0.4) is 0 Å². The summed E-state index contributed by atoms with van der Waals surface area (Å²) in [6, 6.07) is 0. The van der Waals surface area contributed by atoms with E-state index in [-0.39, 0.29) is 17.4 Å². The maximum atomic E-state index is 11.8. The van der Waals surface area contributed by atoms with E-state index in [1.165, 1.54) is 0 Å². The Labute approximate surface area is 103 Å². The number of nitrogens with one attached hydrogen (secondary N) is 1. The lowest BCUT2D eigenvalue weighted by Gasteiger charge is -2.27. The number of methoxy groups -OCH3 is 1. The number of thioether (sulfide) groups is 1. The summed E-state index contributed by atoms with van der Waals surface area (Å²) in [5, 5.41) is 3.04. The van der Waals surface area contributed by atoms with E-state index in [1.54, 1.807) is 7.11 Å². The summed E-state index contributed by atoms with van der Waals surface area (Å²) in [4.78, 5) is 11.8. The molecule has 4 heteroatoms. The minimum atomic E-state index is -0.119. The monoisotopic (exact) mass is 245 g/mol. The zero-order valence-electron chi connectivity index (χ0n) is 10.5. The molecule has 3 nitrogen and oxygen atoms in total. The molecule has 0 bridgehead atoms. The van der Waals surface area contributed by atoms with Gasteiger partial charge in [0.2, 0.25) is 5.91 Å². The first-order chi connectivity index (χ1) is 7.67. The standard InChI is InChI=1S/C12H23NO2S/c1-4-10(5-2)11(14)13-8-12(15-3)6-7-16-9-12/h10H,4-9H2,1-3H3,(H,13,14). The molecular formula is C12H23NO2S. The fraction of sp³-hybridized carbons (Fsp3) is 0.917. The van der Waals surface area contributed by atoms with Crippen molar-refractivity contribution in [2.45, 2.75) is 38.7 Å². The van der Waals surface area contributed by atoms with Crippen LogP contribution in [0.25, 0.3) is 0 Å². The number of ether oxygens (including phenoxy) is 1. The van der Waals surface area contributed by atoms with Crippen molar-refractivity contribution in [1.29, 1.82) is 0 Å². The van der Waals surface area contributed by atoms with Gasteiger partial charge in [-0.25, -0.2) is 0 Å². The normalized spacial score (nSPS) is 25.0. The fourth-order valence-electron chi connectivity index (χ4n) is 2.01. The van der Waals surface area contributed by atoms with Gasteiger partial charge in [-0.2, -0.15) is 11.8 Å². The van der Waals surface area contributed by atoms with E-state index in [0.29, 0.717) is 6.54 Å². The second kappa shape index (κ2) is 6.50. The van der Waals surface area contributed by atoms with Gasteiger partial charge < -0.3 is 10.1 Å². The third kappa shape index (κ3) is 3.39. The summed E-state index contributed by atoms with van der Waals surface area (Å²) >= 11 is 1.90. The van der Waals surface area contributed by atoms with Gasteiger partial charge >= 0.3 is 0 Å². The third-order valence-electron chi connectivity index (χ3n) is 3.44. The van der Waals surface area contributed by atoms with Crippen molar-refractivity contribution in [3.8, 4) is 0 Å². The van der Waals surface area contributed by atoms with Crippen LogP contribution in [-0.2, 0) is 9.53 Å². The van der Waals surface area contributed by atoms with Gasteiger partial charge in [-0.05, 0) is 25.0 Å². The molecule has 1 rings (SSSR count). The Kier molecular flexibility index (Phi) is 5.62. The molecule has 16 heavy (non-hydrogen) atoms. The second-order valence-corrected chi connectivity index (χ2v) is 5.53. The smallest absolute Gasteiger partial charge is 0.223 e. The number of amides is 1. The molecule has 0 aromatic rings. The molecule has 1 heterocycles. The Morgan fingerprint density at radius 1 is 1.50 bits per heavy atom. The Balaban J connectivity index is 2.40. The van der Waals surface area contributed by atoms with Crippen LogP contribution in [0.15, 0.2) is 0 Å². The van der Waals surface area contributed by atoms with E-state index < -0.39 is 0 Å². The molecule has 1 N–H and O–H groups in total. The van der Waals surface area contributed by atoms with Gasteiger partial charge in [0, 0.05) is 25.3 Å². The van der Waals surface area contributed by atoms with Gasteiger partial charge in [0.15, 0.2) is 0 Å². The van der Waals surface area contributed by atoms with E-state index in [9.17, 15) is 4.79 Å². The second-order valence-electron chi connectivity index (χ2n) is 4.42. The van der Waals surface area contributed by atoms with Gasteiger partial charge in [0.25, 0.3) is 0 Å². The minimum absolute atomic E-state index is 0.119. The molecule has 0 saturated carbocycles. The highest BCUT2D eigenvalue weighted by atomic mass is 32.2. The molecule has 1 unspecified atom stereocenters. The molecule has 1 aliphatic rings. The van der Waals surface area contributed by atoms with Gasteiger partial charge in [-0.15, -0.1) is 0 Å². The topological polar surface area (TPSA) is 38.3 Å². The van der Waals surface area contributed by atoms with Crippen LogP contribution in [0.4, 0.5) is 0 Å². The molecule has 94 valence electrons. The lowest BCUT2D eigenvalue weighted by Crippen LogP contribution is -2.46. The highest BCUT2D eigenvalue weighted by Gasteiger charge is 2.34. The van der Waals surface area contributed by atoms with Crippen molar-refractivity contribution in [3.05, 3.63) is 0 Å². The average Bonchev–Trinajstić information content (AvgIpc) is 2.77. The van der Waals surface area contributed by atoms with Crippen molar-refractivity contribution >= 4 is 17.7 Å². The molecular weight excluding hydrogens is 222 g/mol. The molecule has 0 aromatic heterocycles. The quantitative estimate of drug-likeness (QED) is 0.778. The van der Waals surface area contributed by atoms with Crippen LogP contribution >= 0.6 is 11.8 Å². The zero-order chi connectivity index (χ0) is 12.0. The number of carbonyl (C=O) groups is 1. The van der Waals surface area contributed by atoms with Crippen molar-refractivity contribution in [2.24, 2.45) is 5.92 Å². The molecule has 1 atom stereocenters. The highest BCUT2D eigenvalue weighted by Crippen LogP contribution is 2.30. The van der Waals surface area contributed by atoms with Crippen LogP contribution < -0.4 is 5.32 Å². The maximum absolute atomic E-state index is 11.8. The maximum Gasteiger partial charge on any atom is 0.223 e. The molecule has 1 saturated heterocycles. The van der Waals surface area contributed by atoms with Crippen LogP contribution in [0, 0.1) is 5.92 Å². The first-order valence-corrected chi connectivity index (χ1v) is 7.23. The van der Waals surface area contributed by atoms with Crippen LogP contribution in [0.2, 0.25) is 0 Å². The first kappa shape index (κ1) is 13.8.